The van der Waals surface area contributed by atoms with Gasteiger partial charge in [0.2, 0.25) is 11.9 Å². The molecule has 1 fully saturated rings. The number of rotatable bonds is 5. The number of aryl methyl sites for hydroxylation is 2. The van der Waals surface area contributed by atoms with Gasteiger partial charge >= 0.3 is 0 Å². The first-order valence-electron chi connectivity index (χ1n) is 10.9. The van der Waals surface area contributed by atoms with E-state index in [-0.39, 0.29) is 18.4 Å². The Balaban J connectivity index is 1.61. The van der Waals surface area contributed by atoms with E-state index in [4.69, 9.17) is 16.6 Å². The largest absolute Gasteiger partial charge is 0.347 e. The van der Waals surface area contributed by atoms with Crippen LogP contribution < -0.4 is 4.90 Å². The zero-order valence-corrected chi connectivity index (χ0v) is 19.8. The summed E-state index contributed by atoms with van der Waals surface area (Å²) in [5.41, 5.74) is 4.93. The topological polar surface area (TPSA) is 67.2 Å². The molecule has 0 unspecified atom stereocenters. The van der Waals surface area contributed by atoms with Crippen molar-refractivity contribution in [1.82, 2.24) is 24.6 Å². The van der Waals surface area contributed by atoms with Gasteiger partial charge in [0.15, 0.2) is 0 Å². The van der Waals surface area contributed by atoms with E-state index in [9.17, 15) is 4.79 Å². The van der Waals surface area contributed by atoms with Crippen molar-refractivity contribution < 1.29 is 4.79 Å². The lowest BCUT2D eigenvalue weighted by Crippen LogP contribution is -2.41. The van der Waals surface area contributed by atoms with Gasteiger partial charge in [-0.2, -0.15) is 5.10 Å². The van der Waals surface area contributed by atoms with Gasteiger partial charge in [0.1, 0.15) is 6.54 Å². The van der Waals surface area contributed by atoms with Crippen molar-refractivity contribution in [3.05, 3.63) is 58.6 Å². The monoisotopic (exact) mass is 452 g/mol. The molecule has 0 radical (unpaired) electrons. The van der Waals surface area contributed by atoms with Crippen molar-refractivity contribution in [2.45, 2.75) is 39.2 Å². The molecular formula is C24H29ClN6O. The molecule has 0 N–H and O–H groups in total. The molecule has 0 aliphatic carbocycles. The van der Waals surface area contributed by atoms with E-state index in [0.717, 1.165) is 47.6 Å². The number of halogens is 1. The van der Waals surface area contributed by atoms with Crippen LogP contribution >= 0.6 is 11.6 Å². The summed E-state index contributed by atoms with van der Waals surface area (Å²) in [7, 11) is 3.87. The van der Waals surface area contributed by atoms with Crippen LogP contribution in [0.1, 0.15) is 35.8 Å². The van der Waals surface area contributed by atoms with Crippen molar-refractivity contribution in [3.63, 3.8) is 0 Å². The van der Waals surface area contributed by atoms with Gasteiger partial charge in [0.25, 0.3) is 0 Å². The van der Waals surface area contributed by atoms with Gasteiger partial charge in [-0.3, -0.25) is 9.48 Å². The maximum Gasteiger partial charge on any atom is 0.244 e. The van der Waals surface area contributed by atoms with E-state index >= 15 is 0 Å². The Morgan fingerprint density at radius 2 is 1.97 bits per heavy atom. The van der Waals surface area contributed by atoms with Crippen LogP contribution in [0.15, 0.2) is 36.5 Å². The molecule has 1 saturated heterocycles. The van der Waals surface area contributed by atoms with Gasteiger partial charge in [-0.05, 0) is 50.5 Å². The molecule has 0 spiro atoms. The summed E-state index contributed by atoms with van der Waals surface area (Å²) >= 11 is 6.10. The highest BCUT2D eigenvalue weighted by molar-refractivity contribution is 6.30. The van der Waals surface area contributed by atoms with Crippen molar-refractivity contribution >= 4 is 23.5 Å². The molecule has 1 amide bonds. The molecule has 0 bridgehead atoms. The van der Waals surface area contributed by atoms with Crippen LogP contribution in [0, 0.1) is 13.8 Å². The summed E-state index contributed by atoms with van der Waals surface area (Å²) < 4.78 is 1.79. The van der Waals surface area contributed by atoms with E-state index < -0.39 is 0 Å². The van der Waals surface area contributed by atoms with E-state index in [1.165, 1.54) is 0 Å². The number of benzene rings is 1. The Kier molecular flexibility index (Phi) is 6.46. The molecule has 1 aliphatic heterocycles. The average molecular weight is 453 g/mol. The van der Waals surface area contributed by atoms with E-state index in [0.29, 0.717) is 17.5 Å². The number of anilines is 1. The lowest BCUT2D eigenvalue weighted by atomic mass is 9.90. The summed E-state index contributed by atoms with van der Waals surface area (Å²) in [6.45, 7) is 5.59. The predicted octanol–water partition coefficient (Wildman–Crippen LogP) is 4.08. The number of likely N-dealkylation sites (tertiary alicyclic amines) is 1. The van der Waals surface area contributed by atoms with Gasteiger partial charge in [-0.1, -0.05) is 23.7 Å². The quantitative estimate of drug-likeness (QED) is 0.583. The summed E-state index contributed by atoms with van der Waals surface area (Å²) in [4.78, 5) is 26.4. The third-order valence-corrected chi connectivity index (χ3v) is 6.16. The fourth-order valence-corrected chi connectivity index (χ4v) is 4.38. The Labute approximate surface area is 194 Å². The molecule has 168 valence electrons. The minimum Gasteiger partial charge on any atom is -0.347 e. The number of hydrogen-bond acceptors (Lipinski definition) is 5. The van der Waals surface area contributed by atoms with Crippen molar-refractivity contribution in [2.75, 3.05) is 32.1 Å². The molecule has 4 rings (SSSR count). The smallest absolute Gasteiger partial charge is 0.244 e. The van der Waals surface area contributed by atoms with Crippen molar-refractivity contribution in [3.8, 4) is 11.1 Å². The number of piperidine rings is 1. The van der Waals surface area contributed by atoms with Crippen LogP contribution in [0.25, 0.3) is 11.1 Å². The molecule has 1 aliphatic rings. The number of hydrogen-bond donors (Lipinski definition) is 0. The van der Waals surface area contributed by atoms with Gasteiger partial charge in [-0.25, -0.2) is 9.97 Å². The normalized spacial score (nSPS) is 16.3. The fourth-order valence-electron chi connectivity index (χ4n) is 4.25. The second kappa shape index (κ2) is 9.28. The second-order valence-corrected chi connectivity index (χ2v) is 9.07. The maximum atomic E-state index is 13.1. The van der Waals surface area contributed by atoms with E-state index in [2.05, 4.69) is 10.1 Å². The van der Waals surface area contributed by atoms with Crippen LogP contribution in [0.5, 0.6) is 0 Å². The third-order valence-electron chi connectivity index (χ3n) is 5.91. The fraction of sp³-hybridized carbons (Fsp3) is 0.417. The molecule has 7 nitrogen and oxygen atoms in total. The lowest BCUT2D eigenvalue weighted by Gasteiger charge is -2.33. The predicted molar refractivity (Wildman–Crippen MR) is 127 cm³/mol. The van der Waals surface area contributed by atoms with Gasteiger partial charge in [0, 0.05) is 55.6 Å². The minimum absolute atomic E-state index is 0.0934. The van der Waals surface area contributed by atoms with E-state index in [1.807, 2.05) is 74.3 Å². The summed E-state index contributed by atoms with van der Waals surface area (Å²) in [6.07, 6.45) is 3.81. The number of carbonyl (C=O) groups is 1. The number of amides is 1. The Morgan fingerprint density at radius 1 is 1.22 bits per heavy atom. The molecule has 3 heterocycles. The summed E-state index contributed by atoms with van der Waals surface area (Å²) in [5, 5.41) is 5.14. The number of carbonyl (C=O) groups excluding carboxylic acids is 1. The highest BCUT2D eigenvalue weighted by atomic mass is 35.5. The first-order chi connectivity index (χ1) is 15.3. The van der Waals surface area contributed by atoms with Crippen LogP contribution in [0.2, 0.25) is 5.02 Å². The zero-order valence-electron chi connectivity index (χ0n) is 19.0. The van der Waals surface area contributed by atoms with Crippen LogP contribution in [-0.2, 0) is 11.3 Å². The lowest BCUT2D eigenvalue weighted by molar-refractivity contribution is -0.133. The molecule has 3 aromatic rings. The first-order valence-corrected chi connectivity index (χ1v) is 11.3. The molecule has 8 heteroatoms. The Hall–Kier alpha value is -2.93. The molecule has 1 atom stereocenters. The SMILES string of the molecule is Cc1cc(C)n(CC(=O)N2CCC[C@H](c3nc(N(C)C)ncc3-c3ccc(Cl)cc3)C2)n1. The highest BCUT2D eigenvalue weighted by Crippen LogP contribution is 2.34. The van der Waals surface area contributed by atoms with Gasteiger partial charge in [-0.15, -0.1) is 0 Å². The summed E-state index contributed by atoms with van der Waals surface area (Å²) in [6, 6.07) is 9.74. The van der Waals surface area contributed by atoms with Crippen LogP contribution in [0.4, 0.5) is 5.95 Å². The first kappa shape index (κ1) is 22.3. The van der Waals surface area contributed by atoms with E-state index in [1.54, 1.807) is 4.68 Å². The summed E-state index contributed by atoms with van der Waals surface area (Å²) in [5.74, 6) is 0.903. The van der Waals surface area contributed by atoms with Crippen molar-refractivity contribution in [1.29, 1.82) is 0 Å². The Morgan fingerprint density at radius 3 is 2.62 bits per heavy atom. The number of nitrogens with zero attached hydrogens (tertiary/aromatic N) is 6. The molecule has 0 saturated carbocycles. The Bertz CT molecular complexity index is 1110. The highest BCUT2D eigenvalue weighted by Gasteiger charge is 2.28. The minimum atomic E-state index is 0.0934. The molecule has 2 aromatic heterocycles. The number of aromatic nitrogens is 4. The maximum absolute atomic E-state index is 13.1. The van der Waals surface area contributed by atoms with Crippen molar-refractivity contribution in [2.24, 2.45) is 0 Å². The van der Waals surface area contributed by atoms with Gasteiger partial charge < -0.3 is 9.80 Å². The molecule has 1 aromatic carbocycles. The van der Waals surface area contributed by atoms with Gasteiger partial charge in [0.05, 0.1) is 11.4 Å². The van der Waals surface area contributed by atoms with Crippen LogP contribution in [0.3, 0.4) is 0 Å². The van der Waals surface area contributed by atoms with Crippen LogP contribution in [-0.4, -0.2) is 57.7 Å². The average Bonchev–Trinajstić information content (AvgIpc) is 3.10. The third kappa shape index (κ3) is 4.78. The second-order valence-electron chi connectivity index (χ2n) is 8.63. The zero-order chi connectivity index (χ0) is 22.8. The standard InChI is InChI=1S/C24H29ClN6O/c1-16-12-17(2)31(28-16)15-22(32)30-11-5-6-19(14-30)23-21(13-26-24(27-23)29(3)4)18-7-9-20(25)10-8-18/h7-10,12-13,19H,5-6,11,14-15H2,1-4H3/t19-/m0/s1. The molecular weight excluding hydrogens is 424 g/mol. The molecule has 32 heavy (non-hydrogen) atoms.